The molecule has 1 amide bonds. The van der Waals surface area contributed by atoms with E-state index in [1.165, 1.54) is 0 Å². The number of carbonyl (C=O) groups is 1. The Morgan fingerprint density at radius 3 is 2.69 bits per heavy atom. The van der Waals surface area contributed by atoms with E-state index in [9.17, 15) is 4.79 Å². The first-order valence-corrected chi connectivity index (χ1v) is 10.6. The van der Waals surface area contributed by atoms with Crippen LogP contribution in [-0.4, -0.2) is 43.9 Å². The van der Waals surface area contributed by atoms with Crippen molar-refractivity contribution in [1.29, 1.82) is 0 Å². The van der Waals surface area contributed by atoms with Crippen LogP contribution in [0.2, 0.25) is 0 Å². The average Bonchev–Trinajstić information content (AvgIpc) is 3.49. The van der Waals surface area contributed by atoms with Crippen molar-refractivity contribution in [3.05, 3.63) is 66.6 Å². The number of carbonyl (C=O) groups excluding carboxylic acids is 1. The highest BCUT2D eigenvalue weighted by molar-refractivity contribution is 5.91. The summed E-state index contributed by atoms with van der Waals surface area (Å²) in [6.45, 7) is 3.23. The summed E-state index contributed by atoms with van der Waals surface area (Å²) in [5, 5.41) is 15.5. The first kappa shape index (κ1) is 19.9. The summed E-state index contributed by atoms with van der Waals surface area (Å²) in [4.78, 5) is 19.2. The van der Waals surface area contributed by atoms with E-state index in [1.807, 2.05) is 60.2 Å². The number of nitrogens with one attached hydrogen (secondary N) is 1. The van der Waals surface area contributed by atoms with Crippen LogP contribution in [0.1, 0.15) is 18.5 Å². The minimum atomic E-state index is -0.158. The largest absolute Gasteiger partial charge is 0.354 e. The molecule has 9 nitrogen and oxygen atoms in total. The number of rotatable bonds is 5. The maximum absolute atomic E-state index is 12.7. The third kappa shape index (κ3) is 4.09. The lowest BCUT2D eigenvalue weighted by molar-refractivity contribution is -0.120. The lowest BCUT2D eigenvalue weighted by Crippen LogP contribution is -2.41. The molecule has 162 valence electrons. The lowest BCUT2D eigenvalue weighted by Gasteiger charge is -2.32. The molecule has 9 heteroatoms. The molecule has 1 aliphatic heterocycles. The van der Waals surface area contributed by atoms with Crippen LogP contribution in [0.15, 0.2) is 65.4 Å². The smallest absolute Gasteiger partial charge is 0.231 e. The summed E-state index contributed by atoms with van der Waals surface area (Å²) >= 11 is 0. The van der Waals surface area contributed by atoms with Crippen LogP contribution in [0.3, 0.4) is 0 Å². The van der Waals surface area contributed by atoms with Crippen molar-refractivity contribution < 1.29 is 9.32 Å². The van der Waals surface area contributed by atoms with Crippen LogP contribution in [0.4, 0.5) is 11.7 Å². The normalized spacial score (nSPS) is 16.2. The fraction of sp³-hybridized carbons (Fsp3) is 0.261. The van der Waals surface area contributed by atoms with Gasteiger partial charge in [0.1, 0.15) is 5.82 Å². The molecule has 1 fully saturated rings. The Balaban J connectivity index is 1.29. The van der Waals surface area contributed by atoms with Crippen molar-refractivity contribution in [2.45, 2.75) is 19.8 Å². The Morgan fingerprint density at radius 2 is 1.94 bits per heavy atom. The number of aromatic nitrogens is 5. The number of hydrogen-bond donors (Lipinski definition) is 1. The highest BCUT2D eigenvalue weighted by Crippen LogP contribution is 2.24. The molecule has 1 aliphatic rings. The molecule has 0 saturated carbocycles. The summed E-state index contributed by atoms with van der Waals surface area (Å²) in [6, 6.07) is 15.5. The number of amides is 1. The molecule has 0 spiro atoms. The number of benzene rings is 1. The number of hydrogen-bond acceptors (Lipinski definition) is 7. The molecule has 3 aromatic heterocycles. The van der Waals surface area contributed by atoms with Crippen LogP contribution in [0.5, 0.6) is 0 Å². The molecule has 4 aromatic rings. The van der Waals surface area contributed by atoms with Crippen molar-refractivity contribution in [2.75, 3.05) is 23.3 Å². The van der Waals surface area contributed by atoms with Crippen LogP contribution < -0.4 is 10.2 Å². The van der Waals surface area contributed by atoms with Gasteiger partial charge in [0.2, 0.25) is 11.8 Å². The van der Waals surface area contributed by atoms with Crippen LogP contribution in [0, 0.1) is 12.8 Å². The molecule has 0 radical (unpaired) electrons. The van der Waals surface area contributed by atoms with E-state index in [4.69, 9.17) is 4.52 Å². The van der Waals surface area contributed by atoms with Crippen LogP contribution >= 0.6 is 0 Å². The van der Waals surface area contributed by atoms with Crippen molar-refractivity contribution in [1.82, 2.24) is 24.9 Å². The molecule has 1 aromatic carbocycles. The minimum absolute atomic E-state index is 0.0682. The van der Waals surface area contributed by atoms with Gasteiger partial charge in [-0.1, -0.05) is 35.5 Å². The third-order valence-electron chi connectivity index (χ3n) is 5.55. The van der Waals surface area contributed by atoms with Gasteiger partial charge in [0, 0.05) is 37.1 Å². The Morgan fingerprint density at radius 1 is 1.12 bits per heavy atom. The van der Waals surface area contributed by atoms with E-state index in [0.29, 0.717) is 18.2 Å². The maximum Gasteiger partial charge on any atom is 0.231 e. The molecule has 32 heavy (non-hydrogen) atoms. The first-order valence-electron chi connectivity index (χ1n) is 10.6. The Bertz CT molecular complexity index is 1200. The number of nitrogens with zero attached hydrogens (tertiary/aromatic N) is 6. The van der Waals surface area contributed by atoms with Gasteiger partial charge in [-0.2, -0.15) is 0 Å². The van der Waals surface area contributed by atoms with Gasteiger partial charge in [-0.05, 0) is 31.9 Å². The van der Waals surface area contributed by atoms with Gasteiger partial charge < -0.3 is 9.42 Å². The number of anilines is 2. The summed E-state index contributed by atoms with van der Waals surface area (Å²) in [6.07, 6.45) is 5.34. The van der Waals surface area contributed by atoms with Crippen molar-refractivity contribution in [2.24, 2.45) is 5.92 Å². The zero-order valence-corrected chi connectivity index (χ0v) is 17.7. The monoisotopic (exact) mass is 429 g/mol. The lowest BCUT2D eigenvalue weighted by atomic mass is 9.97. The molecule has 1 atom stereocenters. The van der Waals surface area contributed by atoms with Crippen LogP contribution in [-0.2, 0) is 4.79 Å². The zero-order valence-electron chi connectivity index (χ0n) is 17.7. The van der Waals surface area contributed by atoms with E-state index in [1.54, 1.807) is 12.3 Å². The van der Waals surface area contributed by atoms with Crippen LogP contribution in [0.25, 0.3) is 17.2 Å². The summed E-state index contributed by atoms with van der Waals surface area (Å²) in [7, 11) is 0. The number of imidazole rings is 1. The highest BCUT2D eigenvalue weighted by atomic mass is 16.5. The summed E-state index contributed by atoms with van der Waals surface area (Å²) in [5.74, 6) is 2.41. The van der Waals surface area contributed by atoms with Gasteiger partial charge in [0.15, 0.2) is 11.6 Å². The van der Waals surface area contributed by atoms with Crippen molar-refractivity contribution in [3.63, 3.8) is 0 Å². The predicted molar refractivity (Wildman–Crippen MR) is 119 cm³/mol. The Labute approximate surface area is 185 Å². The fourth-order valence-corrected chi connectivity index (χ4v) is 3.95. The molecular formula is C23H23N7O2. The maximum atomic E-state index is 12.7. The standard InChI is InChI=1S/C23H23N7O2/c1-16-14-21(32-28-16)25-23(31)18-8-5-12-29(15-18)19-9-10-20(27-26-19)30-13-11-24-22(30)17-6-3-2-4-7-17/h2-4,6-7,9-11,13-14,18H,5,8,12,15H2,1H3,(H,25,31). The molecule has 0 bridgehead atoms. The fourth-order valence-electron chi connectivity index (χ4n) is 3.95. The quantitative estimate of drug-likeness (QED) is 0.518. The van der Waals surface area contributed by atoms with E-state index >= 15 is 0 Å². The van der Waals surface area contributed by atoms with Gasteiger partial charge in [-0.15, -0.1) is 10.2 Å². The molecular weight excluding hydrogens is 406 g/mol. The molecule has 4 heterocycles. The van der Waals surface area contributed by atoms with Gasteiger partial charge in [-0.25, -0.2) is 4.98 Å². The van der Waals surface area contributed by atoms with Crippen molar-refractivity contribution in [3.8, 4) is 17.2 Å². The Hall–Kier alpha value is -4.01. The second kappa shape index (κ2) is 8.62. The van der Waals surface area contributed by atoms with E-state index < -0.39 is 0 Å². The topological polar surface area (TPSA) is 102 Å². The van der Waals surface area contributed by atoms with E-state index in [-0.39, 0.29) is 11.8 Å². The van der Waals surface area contributed by atoms with E-state index in [0.717, 1.165) is 42.3 Å². The molecule has 1 N–H and O–H groups in total. The second-order valence-corrected chi connectivity index (χ2v) is 7.84. The molecule has 5 rings (SSSR count). The number of aryl methyl sites for hydroxylation is 1. The predicted octanol–water partition coefficient (Wildman–Crippen LogP) is 3.48. The highest BCUT2D eigenvalue weighted by Gasteiger charge is 2.27. The Kier molecular flexibility index (Phi) is 5.37. The summed E-state index contributed by atoms with van der Waals surface area (Å²) < 4.78 is 7.02. The van der Waals surface area contributed by atoms with Gasteiger partial charge in [0.05, 0.1) is 11.6 Å². The molecule has 1 unspecified atom stereocenters. The van der Waals surface area contributed by atoms with E-state index in [2.05, 4.69) is 30.6 Å². The average molecular weight is 429 g/mol. The second-order valence-electron chi connectivity index (χ2n) is 7.84. The molecule has 1 saturated heterocycles. The van der Waals surface area contributed by atoms with Gasteiger partial charge >= 0.3 is 0 Å². The minimum Gasteiger partial charge on any atom is -0.354 e. The number of piperidine rings is 1. The third-order valence-corrected chi connectivity index (χ3v) is 5.55. The summed E-state index contributed by atoms with van der Waals surface area (Å²) in [5.41, 5.74) is 1.74. The SMILES string of the molecule is Cc1cc(NC(=O)C2CCCN(c3ccc(-n4ccnc4-c4ccccc4)nn3)C2)on1. The van der Waals surface area contributed by atoms with Gasteiger partial charge in [-0.3, -0.25) is 14.7 Å². The zero-order chi connectivity index (χ0) is 21.9. The molecule has 0 aliphatic carbocycles. The van der Waals surface area contributed by atoms with Crippen molar-refractivity contribution >= 4 is 17.6 Å². The first-order chi connectivity index (χ1) is 15.7. The van der Waals surface area contributed by atoms with Gasteiger partial charge in [0.25, 0.3) is 0 Å².